The Balaban J connectivity index is 1.47. The first-order valence-electron chi connectivity index (χ1n) is 9.32. The maximum Gasteiger partial charge on any atom is 0.224 e. The number of nitrogens with one attached hydrogen (secondary N) is 1. The molecule has 2 aliphatic rings. The molecule has 2 heterocycles. The normalized spacial score (nSPS) is 18.6. The summed E-state index contributed by atoms with van der Waals surface area (Å²) in [5.74, 6) is 0.869. The minimum atomic E-state index is 0.275. The number of anilines is 2. The fraction of sp³-hybridized carbons (Fsp3) is 0.381. The summed E-state index contributed by atoms with van der Waals surface area (Å²) >= 11 is 1.81. The Hall–Kier alpha value is -1.98. The van der Waals surface area contributed by atoms with Gasteiger partial charge in [-0.1, -0.05) is 36.0 Å². The van der Waals surface area contributed by atoms with Gasteiger partial charge in [-0.25, -0.2) is 0 Å². The molecule has 1 unspecified atom stereocenters. The van der Waals surface area contributed by atoms with Crippen LogP contribution in [0.4, 0.5) is 11.4 Å². The molecule has 2 aromatic rings. The summed E-state index contributed by atoms with van der Waals surface area (Å²) in [7, 11) is 1.98. The van der Waals surface area contributed by atoms with E-state index < -0.39 is 0 Å². The lowest BCUT2D eigenvalue weighted by atomic mass is 10.1. The van der Waals surface area contributed by atoms with E-state index in [-0.39, 0.29) is 5.91 Å². The highest BCUT2D eigenvalue weighted by atomic mass is 32.2. The second-order valence-electron chi connectivity index (χ2n) is 6.99. The molecule has 1 saturated heterocycles. The summed E-state index contributed by atoms with van der Waals surface area (Å²) in [6, 6.07) is 16.9. The number of para-hydroxylation sites is 2. The standard InChI is InChI=1S/C21H25N3OS/c1-22-14-16-10-12-23(15-16)21(25)11-13-24-17-6-2-4-8-19(17)26-20-9-5-3-7-18(20)24/h2-9,16,22H,10-15H2,1H3. The topological polar surface area (TPSA) is 35.6 Å². The van der Waals surface area contributed by atoms with Crippen LogP contribution in [0.15, 0.2) is 58.3 Å². The SMILES string of the molecule is CNCC1CCN(C(=O)CCN2c3ccccc3Sc3ccccc32)C1. The third kappa shape index (κ3) is 3.46. The molecular weight excluding hydrogens is 342 g/mol. The number of likely N-dealkylation sites (tertiary alicyclic amines) is 1. The van der Waals surface area contributed by atoms with E-state index in [0.29, 0.717) is 12.3 Å². The van der Waals surface area contributed by atoms with Crippen molar-refractivity contribution in [1.29, 1.82) is 0 Å². The summed E-state index contributed by atoms with van der Waals surface area (Å²) in [5, 5.41) is 3.23. The molecule has 2 aliphatic heterocycles. The Kier molecular flexibility index (Phi) is 5.18. The van der Waals surface area contributed by atoms with E-state index in [2.05, 4.69) is 58.7 Å². The highest BCUT2D eigenvalue weighted by molar-refractivity contribution is 7.99. The number of fused-ring (bicyclic) bond motifs is 2. The van der Waals surface area contributed by atoms with Gasteiger partial charge in [0.05, 0.1) is 11.4 Å². The van der Waals surface area contributed by atoms with E-state index in [9.17, 15) is 4.79 Å². The lowest BCUT2D eigenvalue weighted by Gasteiger charge is -2.33. The van der Waals surface area contributed by atoms with Crippen LogP contribution in [-0.4, -0.2) is 44.0 Å². The van der Waals surface area contributed by atoms with Crippen LogP contribution in [0.5, 0.6) is 0 Å². The van der Waals surface area contributed by atoms with Crippen LogP contribution in [-0.2, 0) is 4.79 Å². The van der Waals surface area contributed by atoms with Crippen molar-refractivity contribution in [3.63, 3.8) is 0 Å². The second kappa shape index (κ2) is 7.72. The van der Waals surface area contributed by atoms with Crippen LogP contribution in [0.25, 0.3) is 0 Å². The average molecular weight is 368 g/mol. The van der Waals surface area contributed by atoms with Gasteiger partial charge in [-0.15, -0.1) is 0 Å². The molecule has 1 amide bonds. The number of nitrogens with zero attached hydrogens (tertiary/aromatic N) is 2. The minimum absolute atomic E-state index is 0.275. The molecule has 26 heavy (non-hydrogen) atoms. The Labute approximate surface area is 159 Å². The number of benzene rings is 2. The molecule has 136 valence electrons. The predicted octanol–water partition coefficient (Wildman–Crippen LogP) is 3.75. The van der Waals surface area contributed by atoms with Crippen molar-refractivity contribution in [3.05, 3.63) is 48.5 Å². The average Bonchev–Trinajstić information content (AvgIpc) is 3.14. The lowest BCUT2D eigenvalue weighted by Crippen LogP contribution is -2.33. The Morgan fingerprint density at radius 2 is 1.77 bits per heavy atom. The molecule has 0 aliphatic carbocycles. The van der Waals surface area contributed by atoms with E-state index >= 15 is 0 Å². The van der Waals surface area contributed by atoms with Crippen molar-refractivity contribution in [2.45, 2.75) is 22.6 Å². The molecule has 0 spiro atoms. The molecule has 1 fully saturated rings. The molecule has 1 N–H and O–H groups in total. The van der Waals surface area contributed by atoms with Gasteiger partial charge in [-0.2, -0.15) is 0 Å². The van der Waals surface area contributed by atoms with Crippen molar-refractivity contribution in [1.82, 2.24) is 10.2 Å². The molecule has 2 aromatic carbocycles. The highest BCUT2D eigenvalue weighted by Crippen LogP contribution is 2.47. The first kappa shape index (κ1) is 17.4. The monoisotopic (exact) mass is 367 g/mol. The van der Waals surface area contributed by atoms with Crippen molar-refractivity contribution in [3.8, 4) is 0 Å². The molecule has 4 nitrogen and oxygen atoms in total. The van der Waals surface area contributed by atoms with Crippen LogP contribution < -0.4 is 10.2 Å². The summed E-state index contributed by atoms with van der Waals surface area (Å²) in [6.45, 7) is 3.51. The van der Waals surface area contributed by atoms with Gasteiger partial charge in [0.1, 0.15) is 0 Å². The number of hydrogen-bond acceptors (Lipinski definition) is 4. The molecule has 4 rings (SSSR count). The van der Waals surface area contributed by atoms with Crippen LogP contribution in [0.1, 0.15) is 12.8 Å². The lowest BCUT2D eigenvalue weighted by molar-refractivity contribution is -0.130. The van der Waals surface area contributed by atoms with Gasteiger partial charge in [0.25, 0.3) is 0 Å². The summed E-state index contributed by atoms with van der Waals surface area (Å²) in [4.78, 5) is 19.6. The van der Waals surface area contributed by atoms with Gasteiger partial charge in [0.2, 0.25) is 5.91 Å². The van der Waals surface area contributed by atoms with E-state index in [0.717, 1.165) is 32.6 Å². The molecule has 1 atom stereocenters. The summed E-state index contributed by atoms with van der Waals surface area (Å²) < 4.78 is 0. The number of hydrogen-bond donors (Lipinski definition) is 1. The minimum Gasteiger partial charge on any atom is -0.342 e. The van der Waals surface area contributed by atoms with Crippen LogP contribution in [0, 0.1) is 5.92 Å². The van der Waals surface area contributed by atoms with Crippen LogP contribution in [0.3, 0.4) is 0 Å². The number of carbonyl (C=O) groups excluding carboxylic acids is 1. The number of rotatable bonds is 5. The molecule has 0 aromatic heterocycles. The Morgan fingerprint density at radius 1 is 1.12 bits per heavy atom. The van der Waals surface area contributed by atoms with Crippen molar-refractivity contribution in [2.24, 2.45) is 5.92 Å². The molecule has 0 saturated carbocycles. The Morgan fingerprint density at radius 3 is 2.42 bits per heavy atom. The van der Waals surface area contributed by atoms with Gasteiger partial charge < -0.3 is 15.1 Å². The highest BCUT2D eigenvalue weighted by Gasteiger charge is 2.27. The fourth-order valence-corrected chi connectivity index (χ4v) is 5.00. The Bertz CT molecular complexity index is 749. The predicted molar refractivity (Wildman–Crippen MR) is 107 cm³/mol. The maximum atomic E-state index is 12.7. The first-order chi connectivity index (χ1) is 12.8. The second-order valence-corrected chi connectivity index (χ2v) is 8.08. The number of carbonyl (C=O) groups is 1. The van der Waals surface area contributed by atoms with Gasteiger partial charge in [0, 0.05) is 35.8 Å². The van der Waals surface area contributed by atoms with E-state index in [4.69, 9.17) is 0 Å². The largest absolute Gasteiger partial charge is 0.342 e. The van der Waals surface area contributed by atoms with Crippen molar-refractivity contribution in [2.75, 3.05) is 38.1 Å². The first-order valence-corrected chi connectivity index (χ1v) is 10.1. The van der Waals surface area contributed by atoms with Gasteiger partial charge in [-0.3, -0.25) is 4.79 Å². The fourth-order valence-electron chi connectivity index (χ4n) is 3.90. The maximum absolute atomic E-state index is 12.7. The molecule has 0 bridgehead atoms. The van der Waals surface area contributed by atoms with Crippen LogP contribution in [0.2, 0.25) is 0 Å². The molecule has 0 radical (unpaired) electrons. The van der Waals surface area contributed by atoms with Gasteiger partial charge in [0.15, 0.2) is 0 Å². The number of amides is 1. The van der Waals surface area contributed by atoms with E-state index in [1.54, 1.807) is 0 Å². The zero-order chi connectivity index (χ0) is 17.9. The van der Waals surface area contributed by atoms with E-state index in [1.807, 2.05) is 23.7 Å². The quantitative estimate of drug-likeness (QED) is 0.873. The van der Waals surface area contributed by atoms with Gasteiger partial charge in [-0.05, 0) is 50.2 Å². The third-order valence-corrected chi connectivity index (χ3v) is 6.34. The summed E-state index contributed by atoms with van der Waals surface area (Å²) in [6.07, 6.45) is 1.66. The van der Waals surface area contributed by atoms with Gasteiger partial charge >= 0.3 is 0 Å². The smallest absolute Gasteiger partial charge is 0.224 e. The molecule has 5 heteroatoms. The summed E-state index contributed by atoms with van der Waals surface area (Å²) in [5.41, 5.74) is 2.41. The zero-order valence-corrected chi connectivity index (χ0v) is 16.0. The third-order valence-electron chi connectivity index (χ3n) is 5.21. The van der Waals surface area contributed by atoms with Crippen molar-refractivity contribution < 1.29 is 4.79 Å². The van der Waals surface area contributed by atoms with E-state index in [1.165, 1.54) is 21.2 Å². The zero-order valence-electron chi connectivity index (χ0n) is 15.1. The van der Waals surface area contributed by atoms with Crippen molar-refractivity contribution >= 4 is 29.0 Å². The van der Waals surface area contributed by atoms with Crippen LogP contribution >= 0.6 is 11.8 Å². The molecular formula is C21H25N3OS.